The van der Waals surface area contributed by atoms with Crippen molar-refractivity contribution < 1.29 is 4.74 Å². The van der Waals surface area contributed by atoms with Crippen molar-refractivity contribution in [2.24, 2.45) is 5.18 Å². The fraction of sp³-hybridized carbons (Fsp3) is 0.714. The normalized spacial score (nSPS) is 14.1. The minimum absolute atomic E-state index is 0.685. The molecule has 6 nitrogen and oxygen atoms in total. The number of ether oxygens (including phenoxy) is 1. The van der Waals surface area contributed by atoms with E-state index in [0.717, 1.165) is 0 Å². The number of rotatable bonds is 4. The predicted octanol–water partition coefficient (Wildman–Crippen LogP) is 0.968. The van der Waals surface area contributed by atoms with Gasteiger partial charge in [-0.25, -0.2) is 9.67 Å². The predicted molar refractivity (Wildman–Crippen MR) is 45.9 cm³/mol. The maximum atomic E-state index is 10.6. The first kappa shape index (κ1) is 9.79. The van der Waals surface area contributed by atoms with Crippen molar-refractivity contribution in [3.05, 3.63) is 17.6 Å². The van der Waals surface area contributed by atoms with Crippen molar-refractivity contribution in [3.8, 4) is 0 Å². The Kier molecular flexibility index (Phi) is 2.72. The van der Waals surface area contributed by atoms with Gasteiger partial charge in [0.2, 0.25) is 6.17 Å². The van der Waals surface area contributed by atoms with Gasteiger partial charge in [-0.1, -0.05) is 0 Å². The molecule has 0 spiro atoms. The molecule has 1 rings (SSSR count). The lowest BCUT2D eigenvalue weighted by molar-refractivity contribution is -0.0239. The van der Waals surface area contributed by atoms with Crippen LogP contribution in [0.25, 0.3) is 0 Å². The Hall–Kier alpha value is -1.30. The first-order valence-corrected chi connectivity index (χ1v) is 3.83. The molecule has 0 fully saturated rings. The molecule has 13 heavy (non-hydrogen) atoms. The first-order valence-electron chi connectivity index (χ1n) is 3.83. The molecule has 0 amide bonds. The van der Waals surface area contributed by atoms with E-state index in [9.17, 15) is 4.91 Å². The van der Waals surface area contributed by atoms with Crippen LogP contribution in [0, 0.1) is 4.91 Å². The highest BCUT2D eigenvalue weighted by Crippen LogP contribution is 2.25. The molecule has 72 valence electrons. The molecule has 0 aliphatic heterocycles. The minimum Gasteiger partial charge on any atom is -0.374 e. The Morgan fingerprint density at radius 3 is 2.69 bits per heavy atom. The average molecular weight is 184 g/mol. The maximum Gasteiger partial charge on any atom is 0.212 e. The summed E-state index contributed by atoms with van der Waals surface area (Å²) in [6.07, 6.45) is 2.09. The zero-order valence-electron chi connectivity index (χ0n) is 7.84. The highest BCUT2D eigenvalue weighted by Gasteiger charge is 2.32. The van der Waals surface area contributed by atoms with Crippen molar-refractivity contribution in [2.75, 3.05) is 7.11 Å². The van der Waals surface area contributed by atoms with Crippen LogP contribution < -0.4 is 0 Å². The topological polar surface area (TPSA) is 69.4 Å². The number of methoxy groups -OCH3 is 1. The summed E-state index contributed by atoms with van der Waals surface area (Å²) in [7, 11) is 1.52. The molecular weight excluding hydrogens is 172 g/mol. The van der Waals surface area contributed by atoms with E-state index in [4.69, 9.17) is 4.74 Å². The highest BCUT2D eigenvalue weighted by atomic mass is 16.5. The largest absolute Gasteiger partial charge is 0.374 e. The van der Waals surface area contributed by atoms with Crippen LogP contribution in [0.15, 0.2) is 17.8 Å². The number of hydrogen-bond donors (Lipinski definition) is 0. The summed E-state index contributed by atoms with van der Waals surface area (Å²) in [5.74, 6) is 0. The van der Waals surface area contributed by atoms with Gasteiger partial charge in [0, 0.05) is 7.11 Å². The molecule has 1 heterocycles. The molecule has 0 saturated heterocycles. The Morgan fingerprint density at radius 2 is 2.31 bits per heavy atom. The van der Waals surface area contributed by atoms with Crippen LogP contribution in [0.3, 0.4) is 0 Å². The standard InChI is InChI=1S/C7H12N4O2/c1-7(2,13-3)6(10-12)11-5-8-4-9-11/h4-6H,1-3H3. The van der Waals surface area contributed by atoms with Crippen LogP contribution in [-0.2, 0) is 4.74 Å². The van der Waals surface area contributed by atoms with Crippen LogP contribution in [0.1, 0.15) is 20.0 Å². The third-order valence-corrected chi connectivity index (χ3v) is 1.93. The zero-order valence-corrected chi connectivity index (χ0v) is 7.84. The number of aromatic nitrogens is 3. The third-order valence-electron chi connectivity index (χ3n) is 1.93. The summed E-state index contributed by atoms with van der Waals surface area (Å²) >= 11 is 0. The van der Waals surface area contributed by atoms with Crippen LogP contribution >= 0.6 is 0 Å². The lowest BCUT2D eigenvalue weighted by Gasteiger charge is -2.27. The van der Waals surface area contributed by atoms with Gasteiger partial charge in [-0.3, -0.25) is 0 Å². The van der Waals surface area contributed by atoms with Crippen LogP contribution in [-0.4, -0.2) is 27.5 Å². The van der Waals surface area contributed by atoms with Gasteiger partial charge in [0.25, 0.3) is 0 Å². The Morgan fingerprint density at radius 1 is 1.62 bits per heavy atom. The maximum absolute atomic E-state index is 10.6. The monoisotopic (exact) mass is 184 g/mol. The average Bonchev–Trinajstić information content (AvgIpc) is 2.58. The summed E-state index contributed by atoms with van der Waals surface area (Å²) in [4.78, 5) is 14.3. The second-order valence-corrected chi connectivity index (χ2v) is 3.16. The van der Waals surface area contributed by atoms with Gasteiger partial charge >= 0.3 is 0 Å². The molecule has 1 aromatic heterocycles. The van der Waals surface area contributed by atoms with Crippen LogP contribution in [0.2, 0.25) is 0 Å². The fourth-order valence-corrected chi connectivity index (χ4v) is 0.943. The van der Waals surface area contributed by atoms with E-state index in [-0.39, 0.29) is 0 Å². The van der Waals surface area contributed by atoms with Gasteiger partial charge in [0.15, 0.2) is 0 Å². The number of hydrogen-bond acceptors (Lipinski definition) is 5. The molecule has 0 bridgehead atoms. The summed E-state index contributed by atoms with van der Waals surface area (Å²) in [5, 5.41) is 6.79. The molecule has 1 atom stereocenters. The lowest BCUT2D eigenvalue weighted by atomic mass is 10.1. The van der Waals surface area contributed by atoms with E-state index in [1.54, 1.807) is 13.8 Å². The van der Waals surface area contributed by atoms with Crippen molar-refractivity contribution in [3.63, 3.8) is 0 Å². The second-order valence-electron chi connectivity index (χ2n) is 3.16. The second kappa shape index (κ2) is 3.61. The summed E-state index contributed by atoms with van der Waals surface area (Å²) in [6.45, 7) is 3.53. The van der Waals surface area contributed by atoms with Gasteiger partial charge in [0.05, 0.1) is 0 Å². The van der Waals surface area contributed by atoms with Gasteiger partial charge < -0.3 is 4.74 Å². The zero-order chi connectivity index (χ0) is 9.90. The van der Waals surface area contributed by atoms with Crippen molar-refractivity contribution in [1.29, 1.82) is 0 Å². The molecule has 0 aromatic carbocycles. The van der Waals surface area contributed by atoms with Crippen molar-refractivity contribution in [2.45, 2.75) is 25.6 Å². The minimum atomic E-state index is -0.694. The van der Waals surface area contributed by atoms with Gasteiger partial charge in [-0.05, 0) is 19.0 Å². The van der Waals surface area contributed by atoms with Gasteiger partial charge in [-0.2, -0.15) is 5.10 Å². The van der Waals surface area contributed by atoms with E-state index in [1.807, 2.05) is 0 Å². The molecular formula is C7H12N4O2. The van der Waals surface area contributed by atoms with Crippen molar-refractivity contribution >= 4 is 0 Å². The summed E-state index contributed by atoms with van der Waals surface area (Å²) < 4.78 is 6.50. The smallest absolute Gasteiger partial charge is 0.212 e. The van der Waals surface area contributed by atoms with Crippen molar-refractivity contribution in [1.82, 2.24) is 14.8 Å². The van der Waals surface area contributed by atoms with E-state index in [0.29, 0.717) is 0 Å². The van der Waals surface area contributed by atoms with E-state index < -0.39 is 11.8 Å². The summed E-state index contributed by atoms with van der Waals surface area (Å²) in [6, 6.07) is 0. The third kappa shape index (κ3) is 1.89. The highest BCUT2D eigenvalue weighted by molar-refractivity contribution is 4.82. The van der Waals surface area contributed by atoms with E-state index in [1.165, 1.54) is 24.4 Å². The fourth-order valence-electron chi connectivity index (χ4n) is 0.943. The molecule has 0 saturated carbocycles. The molecule has 0 aliphatic carbocycles. The van der Waals surface area contributed by atoms with E-state index >= 15 is 0 Å². The summed E-state index contributed by atoms with van der Waals surface area (Å²) in [5.41, 5.74) is -0.685. The SMILES string of the molecule is COC(C)(C)C(N=O)n1cncn1. The Labute approximate surface area is 75.9 Å². The molecule has 0 radical (unpaired) electrons. The Balaban J connectivity index is 2.92. The van der Waals surface area contributed by atoms with Gasteiger partial charge in [0.1, 0.15) is 18.3 Å². The van der Waals surface area contributed by atoms with Gasteiger partial charge in [-0.15, -0.1) is 4.91 Å². The molecule has 6 heteroatoms. The van der Waals surface area contributed by atoms with Crippen LogP contribution in [0.4, 0.5) is 0 Å². The Bertz CT molecular complexity index is 270. The molecule has 0 aliphatic rings. The van der Waals surface area contributed by atoms with E-state index in [2.05, 4.69) is 15.3 Å². The molecule has 1 unspecified atom stereocenters. The molecule has 1 aromatic rings. The number of nitroso groups, excluding NO2 is 1. The molecule has 0 N–H and O–H groups in total. The lowest BCUT2D eigenvalue weighted by Crippen LogP contribution is -2.34. The number of nitrogens with zero attached hydrogens (tertiary/aromatic N) is 4. The quantitative estimate of drug-likeness (QED) is 0.654. The first-order chi connectivity index (χ1) is 6.11. The van der Waals surface area contributed by atoms with Crippen LogP contribution in [0.5, 0.6) is 0 Å².